The normalized spacial score (nSPS) is 13.7. The Morgan fingerprint density at radius 2 is 2.23 bits per heavy atom. The summed E-state index contributed by atoms with van der Waals surface area (Å²) >= 11 is 9.02. The molecule has 0 aromatic carbocycles. The van der Waals surface area contributed by atoms with Gasteiger partial charge in [-0.15, -0.1) is 11.3 Å². The molecule has 0 amide bonds. The summed E-state index contributed by atoms with van der Waals surface area (Å²) in [7, 11) is 0. The fraction of sp³-hybridized carbons (Fsp3) is 0.500. The number of hydrogen-bond acceptors (Lipinski definition) is 1. The Kier molecular flexibility index (Phi) is 4.38. The van der Waals surface area contributed by atoms with Crippen LogP contribution in [-0.4, -0.2) is 0 Å². The molecule has 0 saturated heterocycles. The van der Waals surface area contributed by atoms with Crippen molar-refractivity contribution in [3.05, 3.63) is 20.8 Å². The summed E-state index contributed by atoms with van der Waals surface area (Å²) in [5.74, 6) is 0. The number of hydrogen-bond donors (Lipinski definition) is 0. The van der Waals surface area contributed by atoms with Gasteiger partial charge < -0.3 is 0 Å². The number of thiophene rings is 1. The number of halogens is 4. The molecule has 0 spiro atoms. The van der Waals surface area contributed by atoms with Gasteiger partial charge in [0.2, 0.25) is 0 Å². The van der Waals surface area contributed by atoms with Gasteiger partial charge in [0.15, 0.2) is 0 Å². The molecular weight excluding hydrogens is 329 g/mol. The SMILES string of the molecule is CCC(I)c1csc(Cl)c1C(F)F. The van der Waals surface area contributed by atoms with Gasteiger partial charge in [0.1, 0.15) is 4.34 Å². The molecule has 1 aromatic rings. The van der Waals surface area contributed by atoms with E-state index in [0.717, 1.165) is 6.42 Å². The summed E-state index contributed by atoms with van der Waals surface area (Å²) in [4.78, 5) is 0. The minimum Gasteiger partial charge on any atom is -0.205 e. The second kappa shape index (κ2) is 4.89. The lowest BCUT2D eigenvalue weighted by molar-refractivity contribution is 0.151. The van der Waals surface area contributed by atoms with Gasteiger partial charge >= 0.3 is 0 Å². The van der Waals surface area contributed by atoms with E-state index < -0.39 is 6.43 Å². The van der Waals surface area contributed by atoms with E-state index in [2.05, 4.69) is 22.6 Å². The molecule has 1 unspecified atom stereocenters. The highest BCUT2D eigenvalue weighted by Crippen LogP contribution is 2.42. The van der Waals surface area contributed by atoms with Crippen molar-refractivity contribution in [2.45, 2.75) is 23.7 Å². The third-order valence-electron chi connectivity index (χ3n) is 1.73. The van der Waals surface area contributed by atoms with Crippen molar-refractivity contribution in [3.8, 4) is 0 Å². The number of alkyl halides is 3. The van der Waals surface area contributed by atoms with E-state index >= 15 is 0 Å². The van der Waals surface area contributed by atoms with Crippen molar-refractivity contribution in [2.24, 2.45) is 0 Å². The Morgan fingerprint density at radius 3 is 2.69 bits per heavy atom. The van der Waals surface area contributed by atoms with Crippen LogP contribution in [0, 0.1) is 0 Å². The van der Waals surface area contributed by atoms with Crippen LogP contribution in [0.1, 0.15) is 34.8 Å². The fourth-order valence-corrected chi connectivity index (χ4v) is 2.97. The van der Waals surface area contributed by atoms with Crippen LogP contribution >= 0.6 is 45.5 Å². The Labute approximate surface area is 98.4 Å². The molecule has 74 valence electrons. The molecule has 0 nitrogen and oxygen atoms in total. The summed E-state index contributed by atoms with van der Waals surface area (Å²) in [5.41, 5.74) is 0.709. The van der Waals surface area contributed by atoms with Crippen molar-refractivity contribution in [1.82, 2.24) is 0 Å². The van der Waals surface area contributed by atoms with Gasteiger partial charge in [-0.2, -0.15) is 0 Å². The van der Waals surface area contributed by atoms with Crippen molar-refractivity contribution in [3.63, 3.8) is 0 Å². The van der Waals surface area contributed by atoms with Crippen LogP contribution in [0.3, 0.4) is 0 Å². The Bertz CT molecular complexity index is 288. The average Bonchev–Trinajstić information content (AvgIpc) is 2.45. The van der Waals surface area contributed by atoms with Gasteiger partial charge in [-0.1, -0.05) is 41.1 Å². The first-order valence-corrected chi connectivity index (χ1v) is 6.27. The molecule has 0 aliphatic rings. The maximum absolute atomic E-state index is 12.5. The first-order chi connectivity index (χ1) is 6.07. The standard InChI is InChI=1S/C8H8ClF2IS/c1-2-5(12)4-3-13-7(9)6(4)8(10)11/h3,5,8H,2H2,1H3. The third kappa shape index (κ3) is 2.53. The minimum atomic E-state index is -2.46. The third-order valence-corrected chi connectivity index (χ3v) is 4.55. The van der Waals surface area contributed by atoms with Gasteiger partial charge in [0.25, 0.3) is 6.43 Å². The first-order valence-electron chi connectivity index (χ1n) is 3.76. The highest BCUT2D eigenvalue weighted by molar-refractivity contribution is 14.1. The molecule has 0 radical (unpaired) electrons. The van der Waals surface area contributed by atoms with Crippen LogP contribution in [0.15, 0.2) is 5.38 Å². The molecule has 0 aliphatic heterocycles. The summed E-state index contributed by atoms with van der Waals surface area (Å²) in [6.45, 7) is 1.97. The molecular formula is C8H8ClF2IS. The Morgan fingerprint density at radius 1 is 1.62 bits per heavy atom. The molecule has 5 heteroatoms. The highest BCUT2D eigenvalue weighted by atomic mass is 127. The Hall–Kier alpha value is 0.580. The summed E-state index contributed by atoms with van der Waals surface area (Å²) in [6.07, 6.45) is -1.62. The highest BCUT2D eigenvalue weighted by Gasteiger charge is 2.22. The van der Waals surface area contributed by atoms with E-state index in [0.29, 0.717) is 5.56 Å². The lowest BCUT2D eigenvalue weighted by atomic mass is 10.1. The fourth-order valence-electron chi connectivity index (χ4n) is 1.03. The van der Waals surface area contributed by atoms with Gasteiger partial charge in [-0.05, 0) is 17.4 Å². The van der Waals surface area contributed by atoms with E-state index in [1.165, 1.54) is 11.3 Å². The quantitative estimate of drug-likeness (QED) is 0.524. The first kappa shape index (κ1) is 11.7. The zero-order valence-electron chi connectivity index (χ0n) is 6.86. The van der Waals surface area contributed by atoms with Crippen molar-refractivity contribution >= 4 is 45.5 Å². The van der Waals surface area contributed by atoms with Crippen molar-refractivity contribution in [2.75, 3.05) is 0 Å². The van der Waals surface area contributed by atoms with E-state index in [1.807, 2.05) is 6.92 Å². The summed E-state index contributed by atoms with van der Waals surface area (Å²) in [5, 5.41) is 1.73. The van der Waals surface area contributed by atoms with E-state index in [9.17, 15) is 8.78 Å². The van der Waals surface area contributed by atoms with Crippen LogP contribution in [0.5, 0.6) is 0 Å². The molecule has 0 aliphatic carbocycles. The molecule has 0 saturated carbocycles. The van der Waals surface area contributed by atoms with E-state index in [4.69, 9.17) is 11.6 Å². The Balaban J connectivity index is 3.07. The molecule has 1 aromatic heterocycles. The summed E-state index contributed by atoms with van der Waals surface area (Å²) in [6, 6.07) is 0. The monoisotopic (exact) mass is 336 g/mol. The van der Waals surface area contributed by atoms with E-state index in [-0.39, 0.29) is 13.8 Å². The maximum Gasteiger partial charge on any atom is 0.266 e. The van der Waals surface area contributed by atoms with Crippen molar-refractivity contribution in [1.29, 1.82) is 0 Å². The second-order valence-corrected chi connectivity index (χ2v) is 5.54. The summed E-state index contributed by atoms with van der Waals surface area (Å²) < 4.78 is 25.4. The van der Waals surface area contributed by atoms with Gasteiger partial charge in [0, 0.05) is 3.92 Å². The van der Waals surface area contributed by atoms with Crippen molar-refractivity contribution < 1.29 is 8.78 Å². The van der Waals surface area contributed by atoms with Crippen LogP contribution in [0.4, 0.5) is 8.78 Å². The van der Waals surface area contributed by atoms with Crippen LogP contribution < -0.4 is 0 Å². The molecule has 0 fully saturated rings. The molecule has 0 bridgehead atoms. The lowest BCUT2D eigenvalue weighted by Gasteiger charge is -2.08. The predicted molar refractivity (Wildman–Crippen MR) is 61.3 cm³/mol. The lowest BCUT2D eigenvalue weighted by Crippen LogP contribution is -1.92. The molecule has 1 atom stereocenters. The number of rotatable bonds is 3. The zero-order valence-corrected chi connectivity index (χ0v) is 10.6. The van der Waals surface area contributed by atoms with Crippen LogP contribution in [0.25, 0.3) is 0 Å². The molecule has 1 rings (SSSR count). The van der Waals surface area contributed by atoms with Gasteiger partial charge in [-0.3, -0.25) is 0 Å². The topological polar surface area (TPSA) is 0 Å². The predicted octanol–water partition coefficient (Wildman–Crippen LogP) is 5.23. The van der Waals surface area contributed by atoms with Crippen LogP contribution in [-0.2, 0) is 0 Å². The molecule has 1 heterocycles. The van der Waals surface area contributed by atoms with E-state index in [1.54, 1.807) is 5.38 Å². The average molecular weight is 337 g/mol. The molecule has 0 N–H and O–H groups in total. The largest absolute Gasteiger partial charge is 0.266 e. The van der Waals surface area contributed by atoms with Gasteiger partial charge in [0.05, 0.1) is 5.56 Å². The zero-order chi connectivity index (χ0) is 10.0. The van der Waals surface area contributed by atoms with Crippen LogP contribution in [0.2, 0.25) is 4.34 Å². The van der Waals surface area contributed by atoms with Gasteiger partial charge in [-0.25, -0.2) is 8.78 Å². The second-order valence-electron chi connectivity index (χ2n) is 2.55. The minimum absolute atomic E-state index is 0.0212. The smallest absolute Gasteiger partial charge is 0.205 e. The maximum atomic E-state index is 12.5. The molecule has 13 heavy (non-hydrogen) atoms.